The number of benzene rings is 2. The zero-order chi connectivity index (χ0) is 25.8. The topological polar surface area (TPSA) is 65.4 Å². The lowest BCUT2D eigenvalue weighted by Gasteiger charge is -2.39. The smallest absolute Gasteiger partial charge is 0.305 e. The second-order valence-corrected chi connectivity index (χ2v) is 10.9. The van der Waals surface area contributed by atoms with Crippen LogP contribution in [0.3, 0.4) is 0 Å². The average Bonchev–Trinajstić information content (AvgIpc) is 3.19. The highest BCUT2D eigenvalue weighted by Gasteiger charge is 2.34. The van der Waals surface area contributed by atoms with Crippen LogP contribution >= 0.6 is 0 Å². The van der Waals surface area contributed by atoms with E-state index in [4.69, 9.17) is 14.5 Å². The van der Waals surface area contributed by atoms with Gasteiger partial charge in [0.1, 0.15) is 5.75 Å². The molecule has 3 aromatic rings. The molecule has 0 unspecified atom stereocenters. The Labute approximate surface area is 215 Å². The van der Waals surface area contributed by atoms with Crippen LogP contribution in [0.25, 0.3) is 11.0 Å². The van der Waals surface area contributed by atoms with Crippen molar-refractivity contribution in [1.29, 1.82) is 0 Å². The van der Waals surface area contributed by atoms with Crippen LogP contribution in [-0.4, -0.2) is 28.7 Å². The summed E-state index contributed by atoms with van der Waals surface area (Å²) in [6, 6.07) is 14.9. The number of esters is 1. The molecule has 1 saturated carbocycles. The Balaban J connectivity index is 1.72. The number of nitrogens with one attached hydrogen (secondary N) is 1. The molecule has 0 aliphatic heterocycles. The minimum Gasteiger partial charge on any atom is -0.491 e. The van der Waals surface area contributed by atoms with Gasteiger partial charge in [0.05, 0.1) is 24.2 Å². The first kappa shape index (κ1) is 26.1. The predicted octanol–water partition coefficient (Wildman–Crippen LogP) is 7.31. The largest absolute Gasteiger partial charge is 0.491 e. The van der Waals surface area contributed by atoms with E-state index in [1.165, 1.54) is 20.0 Å². The highest BCUT2D eigenvalue weighted by Crippen LogP contribution is 2.44. The van der Waals surface area contributed by atoms with E-state index in [-0.39, 0.29) is 12.1 Å². The molecular weight excluding hydrogens is 450 g/mol. The number of methoxy groups -OCH3 is 1. The Bertz CT molecular complexity index is 1170. The summed E-state index contributed by atoms with van der Waals surface area (Å²) in [5.74, 6) is 3.42. The number of rotatable bonds is 9. The highest BCUT2D eigenvalue weighted by atomic mass is 16.5. The van der Waals surface area contributed by atoms with Gasteiger partial charge >= 0.3 is 5.97 Å². The van der Waals surface area contributed by atoms with Crippen molar-refractivity contribution in [3.63, 3.8) is 0 Å². The molecule has 0 spiro atoms. The van der Waals surface area contributed by atoms with Gasteiger partial charge in [0, 0.05) is 18.2 Å². The van der Waals surface area contributed by atoms with Gasteiger partial charge in [-0.25, -0.2) is 4.98 Å². The van der Waals surface area contributed by atoms with Crippen molar-refractivity contribution >= 4 is 28.6 Å². The average molecular weight is 492 g/mol. The fraction of sp³-hybridized carbons (Fsp3) is 0.533. The molecule has 1 aliphatic rings. The zero-order valence-corrected chi connectivity index (χ0v) is 22.6. The maximum Gasteiger partial charge on any atom is 0.305 e. The fourth-order valence-corrected chi connectivity index (χ4v) is 5.54. The summed E-state index contributed by atoms with van der Waals surface area (Å²) in [7, 11) is 1.43. The van der Waals surface area contributed by atoms with Gasteiger partial charge in [0.2, 0.25) is 5.95 Å². The van der Waals surface area contributed by atoms with Crippen LogP contribution in [0.4, 0.5) is 11.6 Å². The first-order chi connectivity index (χ1) is 17.2. The number of ether oxygens (including phenoxy) is 2. The molecule has 3 atom stereocenters. The summed E-state index contributed by atoms with van der Waals surface area (Å²) in [6.07, 6.45) is 4.82. The number of carbonyl (C=O) groups excluding carboxylic acids is 1. The molecule has 1 N–H and O–H groups in total. The van der Waals surface area contributed by atoms with E-state index >= 15 is 0 Å². The first-order valence-electron chi connectivity index (χ1n) is 13.4. The summed E-state index contributed by atoms with van der Waals surface area (Å²) in [5.41, 5.74) is 4.18. The SMILES string of the molecule is COC(=O)CCc1ccc2c(c1)nc(Nc1ccc(OC(C)C)cc1)n2[C@@H]1C[C@H](C)CC[C@H]1C(C)C. The fourth-order valence-electron chi connectivity index (χ4n) is 5.54. The molecule has 1 aliphatic carbocycles. The van der Waals surface area contributed by atoms with Crippen molar-refractivity contribution in [3.05, 3.63) is 48.0 Å². The van der Waals surface area contributed by atoms with E-state index in [2.05, 4.69) is 48.9 Å². The van der Waals surface area contributed by atoms with Crippen LogP contribution in [0, 0.1) is 17.8 Å². The van der Waals surface area contributed by atoms with Crippen LogP contribution in [0.5, 0.6) is 5.75 Å². The second kappa shape index (κ2) is 11.4. The van der Waals surface area contributed by atoms with Gasteiger partial charge in [0.15, 0.2) is 0 Å². The highest BCUT2D eigenvalue weighted by molar-refractivity contribution is 5.81. The summed E-state index contributed by atoms with van der Waals surface area (Å²) in [5, 5.41) is 3.62. The molecule has 6 heteroatoms. The second-order valence-electron chi connectivity index (χ2n) is 10.9. The molecule has 0 radical (unpaired) electrons. The number of nitrogens with zero attached hydrogens (tertiary/aromatic N) is 2. The van der Waals surface area contributed by atoms with Crippen LogP contribution in [-0.2, 0) is 16.0 Å². The number of anilines is 2. The van der Waals surface area contributed by atoms with Gasteiger partial charge in [-0.2, -0.15) is 0 Å². The van der Waals surface area contributed by atoms with Crippen LogP contribution in [0.15, 0.2) is 42.5 Å². The monoisotopic (exact) mass is 491 g/mol. The van der Waals surface area contributed by atoms with Crippen LogP contribution < -0.4 is 10.1 Å². The lowest BCUT2D eigenvalue weighted by molar-refractivity contribution is -0.140. The predicted molar refractivity (Wildman–Crippen MR) is 146 cm³/mol. The van der Waals surface area contributed by atoms with Crippen molar-refractivity contribution in [2.24, 2.45) is 17.8 Å². The Morgan fingerprint density at radius 2 is 1.86 bits per heavy atom. The molecule has 2 aromatic carbocycles. The summed E-state index contributed by atoms with van der Waals surface area (Å²) < 4.78 is 13.1. The van der Waals surface area contributed by atoms with E-state index in [0.717, 1.165) is 40.4 Å². The van der Waals surface area contributed by atoms with Crippen molar-refractivity contribution in [1.82, 2.24) is 9.55 Å². The standard InChI is InChI=1S/C30H41N3O3/c1-19(2)25-14-7-21(5)17-28(25)33-27-15-8-22(9-16-29(34)35-6)18-26(27)32-30(33)31-23-10-12-24(13-11-23)36-20(3)4/h8,10-13,15,18-21,25,28H,7,9,14,16-17H2,1-6H3,(H,31,32)/t21-,25+,28-/m1/s1. The van der Waals surface area contributed by atoms with Gasteiger partial charge < -0.3 is 19.4 Å². The first-order valence-corrected chi connectivity index (χ1v) is 13.4. The van der Waals surface area contributed by atoms with Crippen LogP contribution in [0.2, 0.25) is 0 Å². The van der Waals surface area contributed by atoms with E-state index in [1.54, 1.807) is 0 Å². The third kappa shape index (κ3) is 6.03. The summed E-state index contributed by atoms with van der Waals surface area (Å²) >= 11 is 0. The van der Waals surface area contributed by atoms with Crippen LogP contribution in [0.1, 0.15) is 71.9 Å². The van der Waals surface area contributed by atoms with Crippen molar-refractivity contribution in [2.75, 3.05) is 12.4 Å². The third-order valence-electron chi connectivity index (χ3n) is 7.40. The van der Waals surface area contributed by atoms with E-state index in [0.29, 0.717) is 36.6 Å². The summed E-state index contributed by atoms with van der Waals surface area (Å²) in [4.78, 5) is 16.8. The Kier molecular flexibility index (Phi) is 8.22. The molecule has 4 rings (SSSR count). The maximum absolute atomic E-state index is 11.7. The molecule has 1 aromatic heterocycles. The number of aryl methyl sites for hydroxylation is 1. The van der Waals surface area contributed by atoms with E-state index in [1.807, 2.05) is 38.1 Å². The summed E-state index contributed by atoms with van der Waals surface area (Å²) in [6.45, 7) is 11.1. The van der Waals surface area contributed by atoms with Gasteiger partial charge in [-0.3, -0.25) is 4.79 Å². The number of imidazole rings is 1. The number of carbonyl (C=O) groups is 1. The molecule has 0 amide bonds. The molecule has 36 heavy (non-hydrogen) atoms. The number of hydrogen-bond donors (Lipinski definition) is 1. The molecule has 0 bridgehead atoms. The Morgan fingerprint density at radius 1 is 1.11 bits per heavy atom. The maximum atomic E-state index is 11.7. The number of fused-ring (bicyclic) bond motifs is 1. The Morgan fingerprint density at radius 3 is 2.53 bits per heavy atom. The van der Waals surface area contributed by atoms with Gasteiger partial charge in [0.25, 0.3) is 0 Å². The quantitative estimate of drug-likeness (QED) is 0.318. The third-order valence-corrected chi connectivity index (χ3v) is 7.40. The zero-order valence-electron chi connectivity index (χ0n) is 22.6. The molecular formula is C30H41N3O3. The minimum absolute atomic E-state index is 0.141. The van der Waals surface area contributed by atoms with Gasteiger partial charge in [-0.15, -0.1) is 0 Å². The van der Waals surface area contributed by atoms with Crippen molar-refractivity contribution in [2.45, 2.75) is 78.9 Å². The van der Waals surface area contributed by atoms with Crippen molar-refractivity contribution in [3.8, 4) is 5.75 Å². The molecule has 1 heterocycles. The number of hydrogen-bond acceptors (Lipinski definition) is 5. The molecule has 6 nitrogen and oxygen atoms in total. The normalized spacial score (nSPS) is 20.2. The van der Waals surface area contributed by atoms with E-state index in [9.17, 15) is 4.79 Å². The molecule has 0 saturated heterocycles. The Hall–Kier alpha value is -3.02. The minimum atomic E-state index is -0.191. The van der Waals surface area contributed by atoms with Gasteiger partial charge in [-0.1, -0.05) is 33.3 Å². The molecule has 1 fully saturated rings. The number of aromatic nitrogens is 2. The lowest BCUT2D eigenvalue weighted by Crippen LogP contribution is -2.30. The van der Waals surface area contributed by atoms with Crippen molar-refractivity contribution < 1.29 is 14.3 Å². The lowest BCUT2D eigenvalue weighted by atomic mass is 9.74. The van der Waals surface area contributed by atoms with E-state index < -0.39 is 0 Å². The van der Waals surface area contributed by atoms with Gasteiger partial charge in [-0.05, 0) is 92.8 Å². The molecule has 194 valence electrons.